The van der Waals surface area contributed by atoms with Crippen LogP contribution in [0.2, 0.25) is 5.02 Å². The van der Waals surface area contributed by atoms with E-state index in [4.69, 9.17) is 11.6 Å². The van der Waals surface area contributed by atoms with Crippen molar-refractivity contribution in [3.05, 3.63) is 86.6 Å². The minimum absolute atomic E-state index is 0.0767. The molecule has 2 aromatic heterocycles. The Labute approximate surface area is 191 Å². The third-order valence-corrected chi connectivity index (χ3v) is 6.84. The molecule has 0 unspecified atom stereocenters. The molecule has 0 spiro atoms. The van der Waals surface area contributed by atoms with Gasteiger partial charge in [0.1, 0.15) is 0 Å². The van der Waals surface area contributed by atoms with Crippen molar-refractivity contribution in [3.63, 3.8) is 0 Å². The molecule has 0 N–H and O–H groups in total. The summed E-state index contributed by atoms with van der Waals surface area (Å²) >= 11 is 11.1. The van der Waals surface area contributed by atoms with E-state index in [1.165, 1.54) is 5.56 Å². The number of carbonyl (C=O) groups is 1. The molecular weight excluding hydrogens is 484 g/mol. The number of fused-ring (bicyclic) bond motifs is 2. The first-order chi connectivity index (χ1) is 14.5. The van der Waals surface area contributed by atoms with E-state index < -0.39 is 0 Å². The molecule has 8 heteroatoms. The van der Waals surface area contributed by atoms with Crippen molar-refractivity contribution in [3.8, 4) is 0 Å². The molecule has 150 valence electrons. The van der Waals surface area contributed by atoms with Gasteiger partial charge in [0, 0.05) is 27.9 Å². The fourth-order valence-corrected chi connectivity index (χ4v) is 4.89. The number of halogens is 2. The summed E-state index contributed by atoms with van der Waals surface area (Å²) in [6, 6.07) is 15.9. The largest absolute Gasteiger partial charge is 0.294 e. The third-order valence-electron chi connectivity index (χ3n) is 5.16. The van der Waals surface area contributed by atoms with Gasteiger partial charge in [0.05, 0.1) is 11.3 Å². The zero-order chi connectivity index (χ0) is 20.7. The SMILES string of the molecule is O=C1C[C@@H](c2cccc(Cl)c2)Cc2nc3nc(SCc4ccc(Br)cc4)nn3cc21. The smallest absolute Gasteiger partial charge is 0.253 e. The van der Waals surface area contributed by atoms with Crippen molar-refractivity contribution in [1.29, 1.82) is 0 Å². The van der Waals surface area contributed by atoms with Crippen molar-refractivity contribution in [2.75, 3.05) is 0 Å². The van der Waals surface area contributed by atoms with Gasteiger partial charge in [0.25, 0.3) is 5.78 Å². The van der Waals surface area contributed by atoms with Gasteiger partial charge in [0.2, 0.25) is 5.16 Å². The second-order valence-electron chi connectivity index (χ2n) is 7.24. The first-order valence-electron chi connectivity index (χ1n) is 9.47. The molecule has 4 aromatic rings. The van der Waals surface area contributed by atoms with Gasteiger partial charge in [-0.1, -0.05) is 63.6 Å². The molecule has 2 heterocycles. The van der Waals surface area contributed by atoms with Crippen LogP contribution in [0.4, 0.5) is 0 Å². The second kappa shape index (κ2) is 8.13. The fourth-order valence-electron chi connectivity index (χ4n) is 3.65. The van der Waals surface area contributed by atoms with Crippen LogP contribution in [0, 0.1) is 0 Å². The van der Waals surface area contributed by atoms with Crippen molar-refractivity contribution in [2.24, 2.45) is 0 Å². The Hall–Kier alpha value is -2.22. The average molecular weight is 500 g/mol. The van der Waals surface area contributed by atoms with Crippen molar-refractivity contribution < 1.29 is 4.79 Å². The molecule has 0 saturated heterocycles. The molecule has 0 fully saturated rings. The van der Waals surface area contributed by atoms with Gasteiger partial charge in [0.15, 0.2) is 5.78 Å². The molecule has 2 aromatic carbocycles. The van der Waals surface area contributed by atoms with Crippen molar-refractivity contribution in [2.45, 2.75) is 29.7 Å². The normalized spacial score (nSPS) is 16.1. The highest BCUT2D eigenvalue weighted by Crippen LogP contribution is 2.33. The maximum absolute atomic E-state index is 12.8. The van der Waals surface area contributed by atoms with E-state index in [9.17, 15) is 4.79 Å². The number of aromatic nitrogens is 4. The van der Waals surface area contributed by atoms with Crippen LogP contribution < -0.4 is 0 Å². The van der Waals surface area contributed by atoms with E-state index in [-0.39, 0.29) is 11.7 Å². The summed E-state index contributed by atoms with van der Waals surface area (Å²) in [5, 5.41) is 5.83. The van der Waals surface area contributed by atoms with E-state index in [2.05, 4.69) is 43.1 Å². The predicted molar refractivity (Wildman–Crippen MR) is 121 cm³/mol. The zero-order valence-electron chi connectivity index (χ0n) is 15.8. The highest BCUT2D eigenvalue weighted by Gasteiger charge is 2.28. The molecule has 1 aliphatic rings. The molecule has 5 rings (SSSR count). The first kappa shape index (κ1) is 19.7. The monoisotopic (exact) mass is 498 g/mol. The standard InChI is InChI=1S/C22H16BrClN4OS/c23-16-6-4-13(5-7-16)12-30-22-26-21-25-19-9-15(14-2-1-3-17(24)8-14)10-20(29)18(19)11-28(21)27-22/h1-8,11,15H,9-10,12H2/t15-/m0/s1. The van der Waals surface area contributed by atoms with Crippen LogP contribution in [0.1, 0.15) is 39.5 Å². The lowest BCUT2D eigenvalue weighted by molar-refractivity contribution is 0.0962. The number of benzene rings is 2. The van der Waals surface area contributed by atoms with Gasteiger partial charge in [-0.2, -0.15) is 4.98 Å². The van der Waals surface area contributed by atoms with Crippen LogP contribution in [0.15, 0.2) is 64.4 Å². The van der Waals surface area contributed by atoms with Crippen LogP contribution in [-0.4, -0.2) is 25.4 Å². The predicted octanol–water partition coefficient (Wildman–Crippen LogP) is 5.75. The Morgan fingerprint density at radius 1 is 1.13 bits per heavy atom. The molecule has 0 bridgehead atoms. The lowest BCUT2D eigenvalue weighted by atomic mass is 9.82. The summed E-state index contributed by atoms with van der Waals surface area (Å²) in [4.78, 5) is 22.0. The van der Waals surface area contributed by atoms with Gasteiger partial charge in [-0.05, 0) is 47.7 Å². The summed E-state index contributed by atoms with van der Waals surface area (Å²) in [7, 11) is 0. The second-order valence-corrected chi connectivity index (χ2v) is 9.53. The summed E-state index contributed by atoms with van der Waals surface area (Å²) in [6.45, 7) is 0. The Balaban J connectivity index is 1.40. The first-order valence-corrected chi connectivity index (χ1v) is 11.6. The highest BCUT2D eigenvalue weighted by atomic mass is 79.9. The molecule has 30 heavy (non-hydrogen) atoms. The molecule has 0 radical (unpaired) electrons. The molecule has 5 nitrogen and oxygen atoms in total. The van der Waals surface area contributed by atoms with Crippen LogP contribution >= 0.6 is 39.3 Å². The Bertz CT molecular complexity index is 1260. The molecular formula is C22H16BrClN4OS. The maximum Gasteiger partial charge on any atom is 0.253 e. The molecule has 0 saturated carbocycles. The van der Waals surface area contributed by atoms with Crippen LogP contribution in [0.3, 0.4) is 0 Å². The van der Waals surface area contributed by atoms with Crippen LogP contribution in [0.5, 0.6) is 0 Å². The Kier molecular flexibility index (Phi) is 5.35. The summed E-state index contributed by atoms with van der Waals surface area (Å²) in [5.74, 6) is 1.44. The number of hydrogen-bond acceptors (Lipinski definition) is 5. The Morgan fingerprint density at radius 3 is 2.77 bits per heavy atom. The highest BCUT2D eigenvalue weighted by molar-refractivity contribution is 9.10. The minimum atomic E-state index is 0.0767. The molecule has 0 amide bonds. The van der Waals surface area contributed by atoms with E-state index in [1.807, 2.05) is 36.4 Å². The lowest BCUT2D eigenvalue weighted by Crippen LogP contribution is -2.21. The van der Waals surface area contributed by atoms with Gasteiger partial charge in [-0.15, -0.1) is 5.10 Å². The number of hydrogen-bond donors (Lipinski definition) is 0. The van der Waals surface area contributed by atoms with E-state index in [1.54, 1.807) is 22.5 Å². The zero-order valence-corrected chi connectivity index (χ0v) is 18.9. The van der Waals surface area contributed by atoms with Crippen molar-refractivity contribution >= 4 is 50.9 Å². The Morgan fingerprint density at radius 2 is 1.97 bits per heavy atom. The van der Waals surface area contributed by atoms with Gasteiger partial charge < -0.3 is 0 Å². The summed E-state index contributed by atoms with van der Waals surface area (Å²) in [5.41, 5.74) is 3.67. The van der Waals surface area contributed by atoms with Crippen LogP contribution in [-0.2, 0) is 12.2 Å². The van der Waals surface area contributed by atoms with E-state index >= 15 is 0 Å². The van der Waals surface area contributed by atoms with Crippen molar-refractivity contribution in [1.82, 2.24) is 19.6 Å². The lowest BCUT2D eigenvalue weighted by Gasteiger charge is -2.23. The number of rotatable bonds is 4. The van der Waals surface area contributed by atoms with Crippen LogP contribution in [0.25, 0.3) is 5.78 Å². The topological polar surface area (TPSA) is 60.2 Å². The summed E-state index contributed by atoms with van der Waals surface area (Å²) < 4.78 is 2.66. The van der Waals surface area contributed by atoms with E-state index in [0.717, 1.165) is 21.5 Å². The van der Waals surface area contributed by atoms with E-state index in [0.29, 0.717) is 34.4 Å². The molecule has 1 atom stereocenters. The number of Topliss-reactive ketones (excluding diaryl/α,β-unsaturated/α-hetero) is 1. The number of ketones is 1. The van der Waals surface area contributed by atoms with Gasteiger partial charge in [-0.3, -0.25) is 4.79 Å². The average Bonchev–Trinajstić information content (AvgIpc) is 3.14. The number of thioether (sulfide) groups is 1. The van der Waals surface area contributed by atoms with Gasteiger partial charge in [-0.25, -0.2) is 9.50 Å². The molecule has 0 aliphatic heterocycles. The minimum Gasteiger partial charge on any atom is -0.294 e. The quantitative estimate of drug-likeness (QED) is 0.335. The fraction of sp³-hybridized carbons (Fsp3) is 0.182. The molecule has 1 aliphatic carbocycles. The third kappa shape index (κ3) is 4.02. The maximum atomic E-state index is 12.8. The summed E-state index contributed by atoms with van der Waals surface area (Å²) in [6.07, 6.45) is 2.90. The number of carbonyl (C=O) groups excluding carboxylic acids is 1. The number of nitrogens with zero attached hydrogens (tertiary/aromatic N) is 4. The van der Waals surface area contributed by atoms with Gasteiger partial charge >= 0.3 is 0 Å².